The number of nitrogens with two attached hydrogens (primary N) is 1. The van der Waals surface area contributed by atoms with Crippen LogP contribution in [0.2, 0.25) is 0 Å². The van der Waals surface area contributed by atoms with Crippen molar-refractivity contribution in [2.75, 3.05) is 6.61 Å². The van der Waals surface area contributed by atoms with E-state index in [1.165, 1.54) is 41.6 Å². The molecule has 3 N–H and O–H groups in total. The second kappa shape index (κ2) is 12.6. The number of nitrogens with one attached hydrogen (secondary N) is 1. The number of carbonyl (C=O) groups excluding carboxylic acids is 2. The van der Waals surface area contributed by atoms with Crippen LogP contribution in [0.15, 0.2) is 58.2 Å². The number of esters is 1. The Morgan fingerprint density at radius 3 is 2.34 bits per heavy atom. The normalized spacial score (nSPS) is 19.7. The van der Waals surface area contributed by atoms with Gasteiger partial charge in [0.1, 0.15) is 12.6 Å². The van der Waals surface area contributed by atoms with Crippen LogP contribution >= 0.6 is 0 Å². The summed E-state index contributed by atoms with van der Waals surface area (Å²) in [5, 5.41) is 2.52. The van der Waals surface area contributed by atoms with Crippen molar-refractivity contribution in [2.45, 2.75) is 86.7 Å². The lowest BCUT2D eigenvalue weighted by Crippen LogP contribution is -2.46. The molecule has 0 aromatic carbocycles. The summed E-state index contributed by atoms with van der Waals surface area (Å²) >= 11 is 0. The maximum absolute atomic E-state index is 12.0. The fourth-order valence-electron chi connectivity index (χ4n) is 3.59. The maximum atomic E-state index is 12.0. The van der Waals surface area contributed by atoms with Crippen LogP contribution in [0.5, 0.6) is 0 Å². The van der Waals surface area contributed by atoms with E-state index in [1.807, 2.05) is 19.1 Å². The van der Waals surface area contributed by atoms with Crippen molar-refractivity contribution < 1.29 is 14.3 Å². The predicted molar refractivity (Wildman–Crippen MR) is 133 cm³/mol. The second-order valence-corrected chi connectivity index (χ2v) is 9.56. The third-order valence-electron chi connectivity index (χ3n) is 6.02. The molecule has 0 aliphatic heterocycles. The molecule has 0 aromatic heterocycles. The molecule has 0 aromatic rings. The minimum Gasteiger partial charge on any atom is -0.460 e. The summed E-state index contributed by atoms with van der Waals surface area (Å²) in [5.41, 5.74) is 12.1. The highest BCUT2D eigenvalue weighted by Gasteiger charge is 2.26. The Labute approximate surface area is 194 Å². The minimum atomic E-state index is -0.731. The van der Waals surface area contributed by atoms with Gasteiger partial charge in [0.2, 0.25) is 5.91 Å². The molecule has 2 atom stereocenters. The Hall–Kier alpha value is -2.40. The first-order valence-corrected chi connectivity index (χ1v) is 11.5. The van der Waals surface area contributed by atoms with Crippen LogP contribution < -0.4 is 11.1 Å². The van der Waals surface area contributed by atoms with Gasteiger partial charge in [-0.15, -0.1) is 0 Å². The molecule has 1 amide bonds. The van der Waals surface area contributed by atoms with Crippen LogP contribution in [-0.4, -0.2) is 30.6 Å². The molecule has 5 heteroatoms. The molecule has 1 aliphatic rings. The Morgan fingerprint density at radius 2 is 1.75 bits per heavy atom. The minimum absolute atomic E-state index is 0.150. The van der Waals surface area contributed by atoms with E-state index in [0.717, 1.165) is 5.57 Å². The van der Waals surface area contributed by atoms with Crippen molar-refractivity contribution in [3.8, 4) is 0 Å². The molecule has 0 spiro atoms. The fourth-order valence-corrected chi connectivity index (χ4v) is 3.59. The number of carbonyl (C=O) groups is 2. The topological polar surface area (TPSA) is 81.4 Å². The average Bonchev–Trinajstić information content (AvgIpc) is 2.70. The number of ether oxygens (including phenoxy) is 1. The van der Waals surface area contributed by atoms with Crippen LogP contribution in [0, 0.1) is 5.41 Å². The molecule has 0 bridgehead atoms. The van der Waals surface area contributed by atoms with Gasteiger partial charge in [-0.05, 0) is 89.0 Å². The van der Waals surface area contributed by atoms with Crippen molar-refractivity contribution in [1.82, 2.24) is 5.32 Å². The lowest BCUT2D eigenvalue weighted by Gasteiger charge is -2.33. The maximum Gasteiger partial charge on any atom is 0.328 e. The highest BCUT2D eigenvalue weighted by Crippen LogP contribution is 2.40. The molecule has 32 heavy (non-hydrogen) atoms. The lowest BCUT2D eigenvalue weighted by molar-refractivity contribution is -0.146. The molecule has 0 saturated heterocycles. The summed E-state index contributed by atoms with van der Waals surface area (Å²) in [6.07, 6.45) is 14.1. The molecule has 1 rings (SSSR count). The second-order valence-electron chi connectivity index (χ2n) is 9.56. The summed E-state index contributed by atoms with van der Waals surface area (Å²) in [7, 11) is 0. The van der Waals surface area contributed by atoms with E-state index in [1.54, 1.807) is 13.8 Å². The van der Waals surface area contributed by atoms with Gasteiger partial charge in [0, 0.05) is 0 Å². The average molecular weight is 443 g/mol. The van der Waals surface area contributed by atoms with Crippen molar-refractivity contribution in [3.05, 3.63) is 58.2 Å². The highest BCUT2D eigenvalue weighted by atomic mass is 16.5. The van der Waals surface area contributed by atoms with E-state index in [2.05, 4.69) is 58.2 Å². The van der Waals surface area contributed by atoms with Gasteiger partial charge in [-0.1, -0.05) is 49.3 Å². The molecule has 0 heterocycles. The predicted octanol–water partition coefficient (Wildman–Crippen LogP) is 5.30. The zero-order valence-electron chi connectivity index (χ0n) is 21.2. The number of allylic oxidation sites excluding steroid dienone is 9. The Morgan fingerprint density at radius 1 is 1.12 bits per heavy atom. The van der Waals surface area contributed by atoms with E-state index in [0.29, 0.717) is 0 Å². The van der Waals surface area contributed by atoms with Gasteiger partial charge >= 0.3 is 5.97 Å². The SMILES string of the molecule is CC(C=CC(C)=C(C)/C=C/C1=C(C)CCCC1(C)C)=CCOC(=O)[C@H](C)NC(=O)[C@H](C)N. The van der Waals surface area contributed by atoms with Gasteiger partial charge in [-0.25, -0.2) is 4.79 Å². The molecule has 1 aliphatic carbocycles. The van der Waals surface area contributed by atoms with Gasteiger partial charge in [-0.2, -0.15) is 0 Å². The molecule has 0 saturated carbocycles. The van der Waals surface area contributed by atoms with Gasteiger partial charge < -0.3 is 15.8 Å². The summed E-state index contributed by atoms with van der Waals surface area (Å²) < 4.78 is 5.21. The van der Waals surface area contributed by atoms with E-state index < -0.39 is 18.1 Å². The van der Waals surface area contributed by atoms with Gasteiger partial charge in [0.25, 0.3) is 0 Å². The summed E-state index contributed by atoms with van der Waals surface area (Å²) in [6.45, 7) is 16.4. The summed E-state index contributed by atoms with van der Waals surface area (Å²) in [6, 6.07) is -1.40. The number of rotatable bonds is 9. The van der Waals surface area contributed by atoms with E-state index in [-0.39, 0.29) is 17.9 Å². The Bertz CT molecular complexity index is 839. The molecule has 0 unspecified atom stereocenters. The first-order chi connectivity index (χ1) is 14.8. The summed E-state index contributed by atoms with van der Waals surface area (Å²) in [4.78, 5) is 23.5. The van der Waals surface area contributed by atoms with Gasteiger partial charge in [-0.3, -0.25) is 4.79 Å². The van der Waals surface area contributed by atoms with Gasteiger partial charge in [0.15, 0.2) is 0 Å². The van der Waals surface area contributed by atoms with Crippen LogP contribution in [-0.2, 0) is 14.3 Å². The smallest absolute Gasteiger partial charge is 0.328 e. The Balaban J connectivity index is 2.66. The van der Waals surface area contributed by atoms with Crippen molar-refractivity contribution in [3.63, 3.8) is 0 Å². The van der Waals surface area contributed by atoms with Crippen molar-refractivity contribution in [2.24, 2.45) is 11.1 Å². The van der Waals surface area contributed by atoms with E-state index in [9.17, 15) is 9.59 Å². The Kier molecular flexibility index (Phi) is 10.9. The number of hydrogen-bond acceptors (Lipinski definition) is 4. The third-order valence-corrected chi connectivity index (χ3v) is 6.02. The quantitative estimate of drug-likeness (QED) is 0.375. The zero-order valence-corrected chi connectivity index (χ0v) is 21.2. The lowest BCUT2D eigenvalue weighted by atomic mass is 9.72. The molecular formula is C27H42N2O3. The van der Waals surface area contributed by atoms with E-state index >= 15 is 0 Å². The number of amides is 1. The monoisotopic (exact) mass is 442 g/mol. The third kappa shape index (κ3) is 8.99. The molecule has 178 valence electrons. The van der Waals surface area contributed by atoms with E-state index in [4.69, 9.17) is 10.5 Å². The number of hydrogen-bond donors (Lipinski definition) is 2. The zero-order chi connectivity index (χ0) is 24.5. The van der Waals surface area contributed by atoms with Gasteiger partial charge in [0.05, 0.1) is 6.04 Å². The van der Waals surface area contributed by atoms with Crippen LogP contribution in [0.4, 0.5) is 0 Å². The molecule has 0 radical (unpaired) electrons. The van der Waals surface area contributed by atoms with Crippen LogP contribution in [0.3, 0.4) is 0 Å². The van der Waals surface area contributed by atoms with Crippen molar-refractivity contribution in [1.29, 1.82) is 0 Å². The standard InChI is InChI=1S/C27H42N2O3/c1-18(15-17-32-26(31)23(6)29-25(30)22(5)28)11-12-19(2)20(3)13-14-24-21(4)10-9-16-27(24,7)8/h11-15,22-23H,9-10,16-17,28H2,1-8H3,(H,29,30)/b12-11?,14-13+,18-15?,20-19?/t22-,23-/m0/s1. The molecular weight excluding hydrogens is 400 g/mol. The molecule has 0 fully saturated rings. The van der Waals surface area contributed by atoms with Crippen LogP contribution in [0.1, 0.15) is 74.7 Å². The highest BCUT2D eigenvalue weighted by molar-refractivity contribution is 5.86. The first-order valence-electron chi connectivity index (χ1n) is 11.5. The van der Waals surface area contributed by atoms with Crippen molar-refractivity contribution >= 4 is 11.9 Å². The fraction of sp³-hybridized carbons (Fsp3) is 0.556. The summed E-state index contributed by atoms with van der Waals surface area (Å²) in [5.74, 6) is -0.867. The first kappa shape index (κ1) is 27.6. The largest absolute Gasteiger partial charge is 0.460 e. The molecule has 5 nitrogen and oxygen atoms in total. The van der Waals surface area contributed by atoms with Crippen LogP contribution in [0.25, 0.3) is 0 Å².